The molecule has 2 heterocycles. The van der Waals surface area contributed by atoms with Crippen LogP contribution in [0.15, 0.2) is 0 Å². The summed E-state index contributed by atoms with van der Waals surface area (Å²) in [5.41, 5.74) is -0.631. The molecule has 0 saturated carbocycles. The minimum absolute atomic E-state index is 0.125. The van der Waals surface area contributed by atoms with E-state index in [-0.39, 0.29) is 23.1 Å². The fraction of sp³-hybridized carbons (Fsp3) is 1.00. The molecule has 4 heteroatoms. The number of hydrogen-bond acceptors (Lipinski definition) is 4. The Morgan fingerprint density at radius 2 is 1.84 bits per heavy atom. The fourth-order valence-electron chi connectivity index (χ4n) is 3.75. The maximum atomic E-state index is 10.7. The Morgan fingerprint density at radius 1 is 1.21 bits per heavy atom. The van der Waals surface area contributed by atoms with Crippen molar-refractivity contribution in [3.8, 4) is 0 Å². The van der Waals surface area contributed by atoms with Gasteiger partial charge in [0.05, 0.1) is 18.2 Å². The van der Waals surface area contributed by atoms with E-state index in [4.69, 9.17) is 9.47 Å². The first-order chi connectivity index (χ1) is 8.74. The lowest BCUT2D eigenvalue weighted by Crippen LogP contribution is -2.70. The van der Waals surface area contributed by atoms with Crippen molar-refractivity contribution >= 4 is 0 Å². The summed E-state index contributed by atoms with van der Waals surface area (Å²) >= 11 is 0. The first-order valence-corrected chi connectivity index (χ1v) is 7.55. The van der Waals surface area contributed by atoms with Gasteiger partial charge in [-0.3, -0.25) is 0 Å². The van der Waals surface area contributed by atoms with Crippen molar-refractivity contribution in [1.29, 1.82) is 0 Å². The molecule has 1 spiro atoms. The van der Waals surface area contributed by atoms with Crippen LogP contribution in [0.3, 0.4) is 0 Å². The van der Waals surface area contributed by atoms with E-state index in [1.807, 2.05) is 0 Å². The van der Waals surface area contributed by atoms with Gasteiger partial charge >= 0.3 is 0 Å². The van der Waals surface area contributed by atoms with Crippen LogP contribution < -0.4 is 0 Å². The van der Waals surface area contributed by atoms with Gasteiger partial charge in [0.2, 0.25) is 0 Å². The van der Waals surface area contributed by atoms with Gasteiger partial charge in [0.1, 0.15) is 0 Å². The molecule has 112 valence electrons. The first kappa shape index (κ1) is 15.2. The van der Waals surface area contributed by atoms with Crippen molar-refractivity contribution < 1.29 is 14.7 Å². The zero-order chi connectivity index (χ0) is 14.5. The van der Waals surface area contributed by atoms with Crippen molar-refractivity contribution in [2.75, 3.05) is 6.61 Å². The molecule has 0 aromatic carbocycles. The van der Waals surface area contributed by atoms with Crippen LogP contribution in [-0.2, 0) is 9.47 Å². The summed E-state index contributed by atoms with van der Waals surface area (Å²) in [7, 11) is 0. The van der Waals surface area contributed by atoms with Gasteiger partial charge in [-0.15, -0.1) is 0 Å². The summed E-state index contributed by atoms with van der Waals surface area (Å²) in [6.45, 7) is 13.3. The second-order valence-electron chi connectivity index (χ2n) is 6.82. The quantitative estimate of drug-likeness (QED) is 0.837. The number of rotatable bonds is 2. The Hall–Kier alpha value is -0.160. The Bertz CT molecular complexity index is 350. The topological polar surface area (TPSA) is 41.9 Å². The van der Waals surface area contributed by atoms with E-state index < -0.39 is 5.79 Å². The van der Waals surface area contributed by atoms with Crippen molar-refractivity contribution in [2.45, 2.75) is 83.8 Å². The second-order valence-corrected chi connectivity index (χ2v) is 6.82. The summed E-state index contributed by atoms with van der Waals surface area (Å²) in [4.78, 5) is 0. The molecule has 5 atom stereocenters. The maximum Gasteiger partial charge on any atom is 0.175 e. The lowest BCUT2D eigenvalue weighted by atomic mass is 9.67. The standard InChI is InChI=1S/C15H29NO3/c1-7-13(5)10-15(18-9-11(3)19-15)12(4)14(6,8-2)16(13)17/h11-12,17H,7-10H2,1-6H3. The maximum absolute atomic E-state index is 10.7. The molecule has 1 N–H and O–H groups in total. The van der Waals surface area contributed by atoms with Crippen LogP contribution in [0.2, 0.25) is 0 Å². The van der Waals surface area contributed by atoms with Gasteiger partial charge in [-0.1, -0.05) is 20.8 Å². The van der Waals surface area contributed by atoms with E-state index in [1.54, 1.807) is 5.06 Å². The minimum atomic E-state index is -0.547. The third kappa shape index (κ3) is 2.04. The molecular formula is C15H29NO3. The largest absolute Gasteiger partial charge is 0.347 e. The molecule has 0 aromatic rings. The molecule has 5 unspecified atom stereocenters. The van der Waals surface area contributed by atoms with E-state index in [2.05, 4.69) is 41.5 Å². The highest BCUT2D eigenvalue weighted by Gasteiger charge is 2.62. The van der Waals surface area contributed by atoms with Crippen molar-refractivity contribution in [2.24, 2.45) is 5.92 Å². The van der Waals surface area contributed by atoms with Crippen LogP contribution >= 0.6 is 0 Å². The van der Waals surface area contributed by atoms with Gasteiger partial charge in [-0.25, -0.2) is 0 Å². The van der Waals surface area contributed by atoms with E-state index in [0.29, 0.717) is 13.0 Å². The Morgan fingerprint density at radius 3 is 2.26 bits per heavy atom. The van der Waals surface area contributed by atoms with Gasteiger partial charge < -0.3 is 14.7 Å². The summed E-state index contributed by atoms with van der Waals surface area (Å²) in [5, 5.41) is 12.3. The van der Waals surface area contributed by atoms with Gasteiger partial charge in [0.15, 0.2) is 5.79 Å². The highest BCUT2D eigenvalue weighted by Crippen LogP contribution is 2.53. The Labute approximate surface area is 117 Å². The lowest BCUT2D eigenvalue weighted by molar-refractivity contribution is -0.351. The third-order valence-corrected chi connectivity index (χ3v) is 5.66. The van der Waals surface area contributed by atoms with Crippen LogP contribution in [0.4, 0.5) is 0 Å². The van der Waals surface area contributed by atoms with Crippen molar-refractivity contribution in [3.63, 3.8) is 0 Å². The van der Waals surface area contributed by atoms with E-state index in [1.165, 1.54) is 0 Å². The van der Waals surface area contributed by atoms with Crippen molar-refractivity contribution in [1.82, 2.24) is 5.06 Å². The molecule has 2 fully saturated rings. The van der Waals surface area contributed by atoms with Crippen molar-refractivity contribution in [3.05, 3.63) is 0 Å². The summed E-state index contributed by atoms with van der Waals surface area (Å²) < 4.78 is 12.3. The molecule has 4 nitrogen and oxygen atoms in total. The van der Waals surface area contributed by atoms with Gasteiger partial charge in [0.25, 0.3) is 0 Å². The van der Waals surface area contributed by atoms with E-state index >= 15 is 0 Å². The Balaban J connectivity index is 2.43. The third-order valence-electron chi connectivity index (χ3n) is 5.66. The van der Waals surface area contributed by atoms with Crippen LogP contribution in [0, 0.1) is 5.92 Å². The highest BCUT2D eigenvalue weighted by molar-refractivity contribution is 5.08. The monoisotopic (exact) mass is 271 g/mol. The number of nitrogens with zero attached hydrogens (tertiary/aromatic N) is 1. The molecule has 2 aliphatic rings. The normalized spacial score (nSPS) is 51.9. The van der Waals surface area contributed by atoms with E-state index in [0.717, 1.165) is 12.8 Å². The molecule has 2 rings (SSSR count). The number of piperidine rings is 1. The zero-order valence-electron chi connectivity index (χ0n) is 13.2. The molecule has 2 saturated heterocycles. The molecule has 0 amide bonds. The van der Waals surface area contributed by atoms with Crippen LogP contribution in [0.1, 0.15) is 60.8 Å². The Kier molecular flexibility index (Phi) is 3.76. The summed E-state index contributed by atoms with van der Waals surface area (Å²) in [6, 6.07) is 0. The number of hydrogen-bond donors (Lipinski definition) is 1. The molecular weight excluding hydrogens is 242 g/mol. The summed E-state index contributed by atoms with van der Waals surface area (Å²) in [5.74, 6) is -0.423. The first-order valence-electron chi connectivity index (χ1n) is 7.55. The number of ether oxygens (including phenoxy) is 2. The number of hydroxylamine groups is 2. The molecule has 19 heavy (non-hydrogen) atoms. The smallest absolute Gasteiger partial charge is 0.175 e. The van der Waals surface area contributed by atoms with Gasteiger partial charge in [0, 0.05) is 17.9 Å². The fourth-order valence-corrected chi connectivity index (χ4v) is 3.75. The van der Waals surface area contributed by atoms with Gasteiger partial charge in [-0.05, 0) is 33.6 Å². The molecule has 0 aliphatic carbocycles. The van der Waals surface area contributed by atoms with Crippen LogP contribution in [0.25, 0.3) is 0 Å². The predicted octanol–water partition coefficient (Wildman–Crippen LogP) is 3.19. The molecule has 0 aromatic heterocycles. The lowest BCUT2D eigenvalue weighted by Gasteiger charge is -2.60. The SMILES string of the molecule is CCC1(C)CC2(OCC(C)O2)C(C)C(C)(CC)N1O. The van der Waals surface area contributed by atoms with E-state index in [9.17, 15) is 5.21 Å². The predicted molar refractivity (Wildman–Crippen MR) is 74.0 cm³/mol. The van der Waals surface area contributed by atoms with Crippen LogP contribution in [-0.4, -0.2) is 39.8 Å². The molecule has 0 bridgehead atoms. The van der Waals surface area contributed by atoms with Crippen LogP contribution in [0.5, 0.6) is 0 Å². The average Bonchev–Trinajstić information content (AvgIpc) is 2.76. The second kappa shape index (κ2) is 4.69. The molecule has 2 aliphatic heterocycles. The van der Waals surface area contributed by atoms with Gasteiger partial charge in [-0.2, -0.15) is 5.06 Å². The summed E-state index contributed by atoms with van der Waals surface area (Å²) in [6.07, 6.45) is 2.58. The molecule has 0 radical (unpaired) electrons. The average molecular weight is 271 g/mol. The minimum Gasteiger partial charge on any atom is -0.347 e. The highest BCUT2D eigenvalue weighted by atomic mass is 16.7. The zero-order valence-corrected chi connectivity index (χ0v) is 13.2.